The first-order valence-corrected chi connectivity index (χ1v) is 69.9. The fourth-order valence-electron chi connectivity index (χ4n) is 17.6. The number of Topliss-reactive ketones (excluding diaryl/α,β-unsaturated/α-hetero) is 8. The summed E-state index contributed by atoms with van der Waals surface area (Å²) < 4.78 is 21.3. The van der Waals surface area contributed by atoms with Crippen molar-refractivity contribution in [2.75, 3.05) is 237 Å². The highest BCUT2D eigenvalue weighted by Crippen LogP contribution is 2.35. The summed E-state index contributed by atoms with van der Waals surface area (Å²) in [7, 11) is 2.34. The smallest absolute Gasteiger partial charge is 0.211 e. The lowest BCUT2D eigenvalue weighted by Gasteiger charge is -2.22. The third kappa shape index (κ3) is 44.0. The Labute approximate surface area is 892 Å². The van der Waals surface area contributed by atoms with Crippen LogP contribution in [0.25, 0.3) is 0 Å². The highest BCUT2D eigenvalue weighted by Gasteiger charge is 2.35. The second-order valence-corrected chi connectivity index (χ2v) is 63.2. The van der Waals surface area contributed by atoms with Crippen LogP contribution >= 0.6 is 47.0 Å². The fraction of sp³-hybridized carbons (Fsp3) is 0.525. The molecule has 768 valence electrons. The van der Waals surface area contributed by atoms with E-state index in [1.165, 1.54) is 190 Å². The Morgan fingerprint density at radius 1 is 0.232 bits per heavy atom. The van der Waals surface area contributed by atoms with E-state index in [2.05, 4.69) is 114 Å². The topological polar surface area (TPSA) is 173 Å². The first-order valence-electron chi connectivity index (χ1n) is 51.5. The van der Waals surface area contributed by atoms with Gasteiger partial charge in [-0.15, -0.1) is 0 Å². The van der Waals surface area contributed by atoms with Crippen molar-refractivity contribution in [3.8, 4) is 0 Å². The lowest BCUT2D eigenvalue weighted by Crippen LogP contribution is -2.31. The molecule has 2 saturated carbocycles. The first kappa shape index (κ1) is 117. The summed E-state index contributed by atoms with van der Waals surface area (Å²) in [6, 6.07) is 68.5. The molecule has 0 radical (unpaired) electrons. The van der Waals surface area contributed by atoms with Crippen LogP contribution in [0.5, 0.6) is 0 Å². The lowest BCUT2D eigenvalue weighted by molar-refractivity contribution is 0.101. The number of ether oxygens (including phenoxy) is 4. The molecule has 2 aliphatic carbocycles. The summed E-state index contributed by atoms with van der Waals surface area (Å²) in [5, 5.41) is 0. The average molecular weight is 2160 g/mol. The van der Waals surface area contributed by atoms with Crippen LogP contribution in [0.15, 0.2) is 206 Å². The molecular formula is C118H160O12S12+8. The molecule has 0 spiro atoms. The van der Waals surface area contributed by atoms with E-state index in [4.69, 9.17) is 18.9 Å². The molecule has 0 amide bonds. The number of aryl methyl sites for hydroxylation is 2. The minimum absolute atomic E-state index is 0.143. The Bertz CT molecular complexity index is 4680. The van der Waals surface area contributed by atoms with Crippen LogP contribution in [0, 0.1) is 13.8 Å². The quantitative estimate of drug-likeness (QED) is 0.0370. The zero-order chi connectivity index (χ0) is 101. The van der Waals surface area contributed by atoms with E-state index in [-0.39, 0.29) is 71.8 Å². The van der Waals surface area contributed by atoms with Gasteiger partial charge in [-0.2, -0.15) is 47.0 Å². The number of thioether (sulfide) groups is 4. The molecule has 12 nitrogen and oxygen atoms in total. The van der Waals surface area contributed by atoms with Crippen LogP contribution in [0.3, 0.4) is 0 Å². The van der Waals surface area contributed by atoms with Crippen molar-refractivity contribution in [2.24, 2.45) is 0 Å². The van der Waals surface area contributed by atoms with Crippen LogP contribution < -0.4 is 0 Å². The van der Waals surface area contributed by atoms with Gasteiger partial charge in [0.2, 0.25) is 46.3 Å². The minimum atomic E-state index is 0.143. The number of ketones is 8. The molecule has 24 heteroatoms. The molecule has 0 aromatic heterocycles. The maximum Gasteiger partial charge on any atom is 0.211 e. The minimum Gasteiger partial charge on any atom is -0.372 e. The molecule has 10 fully saturated rings. The van der Waals surface area contributed by atoms with Crippen molar-refractivity contribution in [1.82, 2.24) is 0 Å². The van der Waals surface area contributed by atoms with E-state index in [1.807, 2.05) is 194 Å². The summed E-state index contributed by atoms with van der Waals surface area (Å²) >= 11 is 8.09. The lowest BCUT2D eigenvalue weighted by atomic mass is 9.84. The number of hydrogen-bond donors (Lipinski definition) is 0. The molecule has 8 aliphatic heterocycles. The van der Waals surface area contributed by atoms with E-state index in [0.29, 0.717) is 95.5 Å². The molecule has 8 saturated heterocycles. The maximum absolute atomic E-state index is 12.4. The van der Waals surface area contributed by atoms with Gasteiger partial charge in [-0.1, -0.05) is 297 Å². The molecule has 8 aromatic carbocycles. The van der Waals surface area contributed by atoms with Gasteiger partial charge in [-0.05, 0) is 128 Å². The van der Waals surface area contributed by atoms with Crippen LogP contribution in [-0.2, 0) is 117 Å². The van der Waals surface area contributed by atoms with E-state index < -0.39 is 0 Å². The number of benzene rings is 8. The molecular weight excluding hydrogens is 1990 g/mol. The summed E-state index contributed by atoms with van der Waals surface area (Å²) in [5.41, 5.74) is 15.2. The summed E-state index contributed by atoms with van der Waals surface area (Å²) in [5.74, 6) is 38.1. The molecule has 10 aliphatic rings. The molecule has 142 heavy (non-hydrogen) atoms. The zero-order valence-corrected chi connectivity index (χ0v) is 95.7. The number of carbonyl (C=O) groups is 8. The van der Waals surface area contributed by atoms with Crippen LogP contribution in [0.4, 0.5) is 0 Å². The first-order chi connectivity index (χ1) is 68.8. The third-order valence-electron chi connectivity index (χ3n) is 26.6. The molecule has 0 bridgehead atoms. The average Bonchev–Trinajstić information content (AvgIpc) is 0.845. The Morgan fingerprint density at radius 3 is 0.606 bits per heavy atom. The van der Waals surface area contributed by atoms with E-state index >= 15 is 0 Å². The number of carbonyl (C=O) groups excluding carboxylic acids is 8. The van der Waals surface area contributed by atoms with Crippen molar-refractivity contribution in [2.45, 2.75) is 142 Å². The largest absolute Gasteiger partial charge is 0.372 e. The van der Waals surface area contributed by atoms with Gasteiger partial charge in [0.1, 0.15) is 92.0 Å². The highest BCUT2D eigenvalue weighted by molar-refractivity contribution is 8.07. The summed E-state index contributed by atoms with van der Waals surface area (Å²) in [4.78, 5) is 97.1. The van der Waals surface area contributed by atoms with Crippen molar-refractivity contribution in [3.05, 3.63) is 284 Å². The SMILES string of the molecule is CC(C)(C)c1ccc(C(=O)C[S+]2CCOCC2)cc1.CC(C)(C)c1ccc(C(=O)C[S+]2CCSCC2)cc1.Cc1ccc(C(=O)C[S+]2CCOCC2)cc1.Cc1ccc(C(=O)C[S+]2CCSCC2)cc1.O=C(C[S+]1CCOCC1)c1ccc(C2CCCCC2)cc1.O=C(C[S+]1CCOCC1)c1ccccc1.O=C(C[S+]1CCSCC1)c1ccc(C2CCCCC2)cc1.O=C(C[S+]1CCSCC1)c1ccccc1. The van der Waals surface area contributed by atoms with Crippen LogP contribution in [-0.4, -0.2) is 283 Å². The standard InChI is InChI=1S/C18H25O2S.C18H25OS2.C16H23O2S.C16H23OS2.C13H17O2S.C13H17OS2.C12H15O2S.C12H15OS2/c2*19-18(14-21-12-10-20-11-13-21)17-8-6-16(7-9-17)15-4-2-1-3-5-15;2*1-16(2,3)14-6-4-13(5-7-14)15(17)12-19-10-8-18-9-11-19;2*1-11-2-4-12(5-3-11)13(14)10-16-8-6-15-7-9-16;2*13-12(11-4-2-1-3-5-11)10-15-8-6-14-7-9-15/h2*6-9,15H,1-5,10-14H2;2*4-7H,8-12H2,1-3H3;2*2-5H,6-10H2,1H3;2*1-5H,6-10H2/q8*+1. The van der Waals surface area contributed by atoms with Gasteiger partial charge in [0.05, 0.1) is 52.9 Å². The van der Waals surface area contributed by atoms with Crippen molar-refractivity contribution >= 4 is 180 Å². The predicted molar refractivity (Wildman–Crippen MR) is 633 cm³/mol. The second-order valence-electron chi connectivity index (χ2n) is 39.6. The second kappa shape index (κ2) is 65.3. The summed E-state index contributed by atoms with van der Waals surface area (Å²) in [6.45, 7) is 23.8. The van der Waals surface area contributed by atoms with E-state index in [1.54, 1.807) is 0 Å². The molecule has 0 unspecified atom stereocenters. The number of rotatable bonds is 26. The number of hydrogen-bond acceptors (Lipinski definition) is 16. The molecule has 18 rings (SSSR count). The van der Waals surface area contributed by atoms with Gasteiger partial charge in [0.15, 0.2) is 46.0 Å². The van der Waals surface area contributed by atoms with Crippen LogP contribution in [0.1, 0.15) is 234 Å². The monoisotopic (exact) mass is 2150 g/mol. The van der Waals surface area contributed by atoms with E-state index in [0.717, 1.165) is 178 Å². The Hall–Kier alpha value is -4.84. The van der Waals surface area contributed by atoms with Gasteiger partial charge >= 0.3 is 0 Å². The molecule has 0 N–H and O–H groups in total. The summed E-state index contributed by atoms with van der Waals surface area (Å²) in [6.07, 6.45) is 13.5. The Balaban J connectivity index is 0.000000155. The van der Waals surface area contributed by atoms with Gasteiger partial charge in [0.25, 0.3) is 0 Å². The third-order valence-corrected chi connectivity index (χ3v) is 50.2. The fourth-order valence-corrected chi connectivity index (χ4v) is 40.8. The predicted octanol–water partition coefficient (Wildman–Crippen LogP) is 22.3. The zero-order valence-electron chi connectivity index (χ0n) is 85.9. The maximum atomic E-state index is 12.4. The molecule has 0 atom stereocenters. The van der Waals surface area contributed by atoms with Gasteiger partial charge in [-0.3, -0.25) is 38.4 Å². The normalized spacial score (nSPS) is 18.6. The molecule has 8 aromatic rings. The van der Waals surface area contributed by atoms with Crippen molar-refractivity contribution < 1.29 is 57.3 Å². The van der Waals surface area contributed by atoms with Crippen molar-refractivity contribution in [1.29, 1.82) is 0 Å². The van der Waals surface area contributed by atoms with Crippen LogP contribution in [0.2, 0.25) is 0 Å². The molecule has 8 heterocycles. The van der Waals surface area contributed by atoms with Gasteiger partial charge in [-0.25, -0.2) is 0 Å². The Morgan fingerprint density at radius 2 is 0.408 bits per heavy atom. The van der Waals surface area contributed by atoms with Gasteiger partial charge < -0.3 is 18.9 Å². The van der Waals surface area contributed by atoms with Crippen molar-refractivity contribution in [3.63, 3.8) is 0 Å². The van der Waals surface area contributed by atoms with Gasteiger partial charge in [0, 0.05) is 134 Å². The van der Waals surface area contributed by atoms with E-state index in [9.17, 15) is 38.4 Å². The Kier molecular flexibility index (Phi) is 54.0. The highest BCUT2D eigenvalue weighted by atomic mass is 32.2.